The van der Waals surface area contributed by atoms with Crippen LogP contribution in [0.15, 0.2) is 27.6 Å². The van der Waals surface area contributed by atoms with Crippen molar-refractivity contribution in [3.63, 3.8) is 0 Å². The number of sulfonamides is 1. The first kappa shape index (κ1) is 16.1. The Balaban J connectivity index is 3.13. The smallest absolute Gasteiger partial charge is 0.258 e. The summed E-state index contributed by atoms with van der Waals surface area (Å²) in [6.07, 6.45) is 0.823. The van der Waals surface area contributed by atoms with Gasteiger partial charge in [-0.2, -0.15) is 0 Å². The average molecular weight is 351 g/mol. The molecule has 1 atom stereocenters. The molecule has 1 aromatic carbocycles. The van der Waals surface area contributed by atoms with Gasteiger partial charge in [0.2, 0.25) is 10.0 Å². The van der Waals surface area contributed by atoms with Crippen LogP contribution in [-0.4, -0.2) is 19.9 Å². The van der Waals surface area contributed by atoms with E-state index in [0.29, 0.717) is 4.47 Å². The van der Waals surface area contributed by atoms with Crippen LogP contribution in [0.25, 0.3) is 0 Å². The third kappa shape index (κ3) is 4.26. The first-order valence-electron chi connectivity index (χ1n) is 5.71. The molecular weight excluding hydrogens is 336 g/mol. The summed E-state index contributed by atoms with van der Waals surface area (Å²) in [5.41, 5.74) is -0.431. The van der Waals surface area contributed by atoms with Crippen molar-refractivity contribution in [2.45, 2.75) is 25.2 Å². The average Bonchev–Trinajstić information content (AvgIpc) is 2.35. The maximum absolute atomic E-state index is 12.1. The van der Waals surface area contributed by atoms with Crippen LogP contribution in [0.4, 0.5) is 5.69 Å². The van der Waals surface area contributed by atoms with Crippen molar-refractivity contribution in [3.05, 3.63) is 32.8 Å². The summed E-state index contributed by atoms with van der Waals surface area (Å²) in [4.78, 5) is 9.84. The number of rotatable bonds is 6. The van der Waals surface area contributed by atoms with E-state index in [4.69, 9.17) is 0 Å². The molecule has 1 unspecified atom stereocenters. The minimum atomic E-state index is -3.89. The number of benzene rings is 1. The van der Waals surface area contributed by atoms with Crippen LogP contribution in [0.3, 0.4) is 0 Å². The van der Waals surface area contributed by atoms with Gasteiger partial charge in [-0.15, -0.1) is 0 Å². The SMILES string of the molecule is CCC(C)CNS(=O)(=O)c1cc(Br)ccc1[N+](=O)[O-]. The molecular formula is C11H15BrN2O4S. The molecule has 106 valence electrons. The van der Waals surface area contributed by atoms with Crippen molar-refractivity contribution in [3.8, 4) is 0 Å². The Morgan fingerprint density at radius 1 is 1.47 bits per heavy atom. The summed E-state index contributed by atoms with van der Waals surface area (Å²) in [7, 11) is -3.89. The molecule has 0 aliphatic carbocycles. The molecule has 1 aromatic rings. The number of nitro groups is 1. The number of nitrogens with one attached hydrogen (secondary N) is 1. The highest BCUT2D eigenvalue weighted by Crippen LogP contribution is 2.27. The van der Waals surface area contributed by atoms with E-state index in [0.717, 1.165) is 6.42 Å². The van der Waals surface area contributed by atoms with Gasteiger partial charge in [0.25, 0.3) is 5.69 Å². The molecule has 0 aliphatic heterocycles. The molecule has 8 heteroatoms. The van der Waals surface area contributed by atoms with Gasteiger partial charge in [-0.3, -0.25) is 10.1 Å². The molecule has 0 amide bonds. The van der Waals surface area contributed by atoms with Crippen LogP contribution in [0.2, 0.25) is 0 Å². The molecule has 0 aromatic heterocycles. The lowest BCUT2D eigenvalue weighted by Gasteiger charge is -2.11. The Morgan fingerprint density at radius 2 is 2.11 bits per heavy atom. The summed E-state index contributed by atoms with van der Waals surface area (Å²) in [5, 5.41) is 10.9. The van der Waals surface area contributed by atoms with Crippen molar-refractivity contribution in [2.24, 2.45) is 5.92 Å². The van der Waals surface area contributed by atoms with Crippen molar-refractivity contribution < 1.29 is 13.3 Å². The zero-order valence-corrected chi connectivity index (χ0v) is 13.0. The van der Waals surface area contributed by atoms with Gasteiger partial charge in [0.05, 0.1) is 4.92 Å². The Hall–Kier alpha value is -0.990. The molecule has 0 fully saturated rings. The summed E-state index contributed by atoms with van der Waals surface area (Å²) < 4.78 is 27.1. The standard InChI is InChI=1S/C11H15BrN2O4S/c1-3-8(2)7-13-19(17,18)11-6-9(12)4-5-10(11)14(15)16/h4-6,8,13H,3,7H2,1-2H3. The molecule has 0 heterocycles. The second-order valence-electron chi connectivity index (χ2n) is 4.23. The maximum Gasteiger partial charge on any atom is 0.289 e. The van der Waals surface area contributed by atoms with E-state index >= 15 is 0 Å². The molecule has 0 spiro atoms. The highest BCUT2D eigenvalue weighted by atomic mass is 79.9. The summed E-state index contributed by atoms with van der Waals surface area (Å²) >= 11 is 3.12. The lowest BCUT2D eigenvalue weighted by atomic mass is 10.1. The molecule has 1 rings (SSSR count). The van der Waals surface area contributed by atoms with Crippen LogP contribution in [0.5, 0.6) is 0 Å². The lowest BCUT2D eigenvalue weighted by molar-refractivity contribution is -0.387. The Kier molecular flexibility index (Phi) is 5.45. The predicted molar refractivity (Wildman–Crippen MR) is 75.4 cm³/mol. The van der Waals surface area contributed by atoms with Gasteiger partial charge in [0.1, 0.15) is 0 Å². The van der Waals surface area contributed by atoms with Gasteiger partial charge >= 0.3 is 0 Å². The molecule has 6 nitrogen and oxygen atoms in total. The number of nitrogens with zero attached hydrogens (tertiary/aromatic N) is 1. The van der Waals surface area contributed by atoms with E-state index in [1.54, 1.807) is 0 Å². The van der Waals surface area contributed by atoms with Gasteiger partial charge in [-0.1, -0.05) is 36.2 Å². The summed E-state index contributed by atoms with van der Waals surface area (Å²) in [6, 6.07) is 3.84. The van der Waals surface area contributed by atoms with E-state index < -0.39 is 20.6 Å². The fourth-order valence-electron chi connectivity index (χ4n) is 1.33. The molecule has 0 saturated heterocycles. The Bertz CT molecular complexity index is 574. The first-order chi connectivity index (χ1) is 8.77. The van der Waals surface area contributed by atoms with Crippen LogP contribution in [-0.2, 0) is 10.0 Å². The summed E-state index contributed by atoms with van der Waals surface area (Å²) in [5.74, 6) is 0.168. The van der Waals surface area contributed by atoms with Gasteiger partial charge in [0, 0.05) is 17.1 Å². The zero-order chi connectivity index (χ0) is 14.6. The van der Waals surface area contributed by atoms with Gasteiger partial charge in [-0.25, -0.2) is 13.1 Å². The molecule has 0 bridgehead atoms. The first-order valence-corrected chi connectivity index (χ1v) is 7.99. The minimum absolute atomic E-state index is 0.168. The third-order valence-electron chi connectivity index (χ3n) is 2.73. The fraction of sp³-hybridized carbons (Fsp3) is 0.455. The van der Waals surface area contributed by atoms with Gasteiger partial charge in [0.15, 0.2) is 4.90 Å². The topological polar surface area (TPSA) is 89.3 Å². The summed E-state index contributed by atoms with van der Waals surface area (Å²) in [6.45, 7) is 4.10. The molecule has 1 N–H and O–H groups in total. The number of hydrogen-bond donors (Lipinski definition) is 1. The van der Waals surface area contributed by atoms with E-state index in [1.807, 2.05) is 13.8 Å². The fourth-order valence-corrected chi connectivity index (χ4v) is 3.20. The van der Waals surface area contributed by atoms with Crippen LogP contribution in [0.1, 0.15) is 20.3 Å². The number of halogens is 1. The third-order valence-corrected chi connectivity index (χ3v) is 4.67. The second kappa shape index (κ2) is 6.44. The quantitative estimate of drug-likeness (QED) is 0.630. The van der Waals surface area contributed by atoms with Gasteiger partial charge < -0.3 is 0 Å². The number of hydrogen-bond acceptors (Lipinski definition) is 4. The van der Waals surface area contributed by atoms with Crippen LogP contribution in [0, 0.1) is 16.0 Å². The Labute approximate surface area is 120 Å². The number of nitro benzene ring substituents is 1. The van der Waals surface area contributed by atoms with Crippen molar-refractivity contribution in [1.29, 1.82) is 0 Å². The predicted octanol–water partition coefficient (Wildman–Crippen LogP) is 2.68. The largest absolute Gasteiger partial charge is 0.289 e. The van der Waals surface area contributed by atoms with Crippen molar-refractivity contribution in [2.75, 3.05) is 6.54 Å². The van der Waals surface area contributed by atoms with Crippen molar-refractivity contribution in [1.82, 2.24) is 4.72 Å². The van der Waals surface area contributed by atoms with E-state index in [2.05, 4.69) is 20.7 Å². The minimum Gasteiger partial charge on any atom is -0.258 e. The van der Waals surface area contributed by atoms with E-state index in [-0.39, 0.29) is 17.4 Å². The Morgan fingerprint density at radius 3 is 2.63 bits per heavy atom. The zero-order valence-electron chi connectivity index (χ0n) is 10.6. The van der Waals surface area contributed by atoms with Crippen molar-refractivity contribution >= 4 is 31.6 Å². The van der Waals surface area contributed by atoms with Gasteiger partial charge in [-0.05, 0) is 18.1 Å². The molecule has 19 heavy (non-hydrogen) atoms. The van der Waals surface area contributed by atoms with Crippen LogP contribution < -0.4 is 4.72 Å². The van der Waals surface area contributed by atoms with E-state index in [1.165, 1.54) is 18.2 Å². The monoisotopic (exact) mass is 350 g/mol. The molecule has 0 aliphatic rings. The molecule has 0 saturated carbocycles. The van der Waals surface area contributed by atoms with E-state index in [9.17, 15) is 18.5 Å². The highest BCUT2D eigenvalue weighted by molar-refractivity contribution is 9.10. The second-order valence-corrected chi connectivity index (χ2v) is 6.89. The highest BCUT2D eigenvalue weighted by Gasteiger charge is 2.26. The molecule has 0 radical (unpaired) electrons. The normalized spacial score (nSPS) is 13.2. The lowest BCUT2D eigenvalue weighted by Crippen LogP contribution is -2.28. The maximum atomic E-state index is 12.1. The van der Waals surface area contributed by atoms with Crippen LogP contribution >= 0.6 is 15.9 Å².